The predicted molar refractivity (Wildman–Crippen MR) is 114 cm³/mol. The maximum Gasteiger partial charge on any atom is 0.256 e. The number of aryl methyl sites for hydroxylation is 1. The Hall–Kier alpha value is -2.98. The highest BCUT2D eigenvalue weighted by Gasteiger charge is 2.14. The number of pyridine rings is 1. The third-order valence-electron chi connectivity index (χ3n) is 4.41. The summed E-state index contributed by atoms with van der Waals surface area (Å²) in [6.07, 6.45) is 0. The van der Waals surface area contributed by atoms with E-state index in [4.69, 9.17) is 4.98 Å². The van der Waals surface area contributed by atoms with Crippen LogP contribution in [0.3, 0.4) is 0 Å². The van der Waals surface area contributed by atoms with Crippen LogP contribution in [-0.2, 0) is 0 Å². The van der Waals surface area contributed by atoms with E-state index in [2.05, 4.69) is 21.2 Å². The fourth-order valence-corrected chi connectivity index (χ4v) is 3.23. The van der Waals surface area contributed by atoms with Gasteiger partial charge < -0.3 is 5.32 Å². The highest BCUT2D eigenvalue weighted by atomic mass is 79.9. The number of hydrogen-bond acceptors (Lipinski definition) is 2. The number of aromatic nitrogens is 1. The zero-order chi connectivity index (χ0) is 18.8. The summed E-state index contributed by atoms with van der Waals surface area (Å²) in [6.45, 7) is 2.02. The topological polar surface area (TPSA) is 42.0 Å². The van der Waals surface area contributed by atoms with Gasteiger partial charge in [0.1, 0.15) is 0 Å². The van der Waals surface area contributed by atoms with E-state index in [-0.39, 0.29) is 5.91 Å². The van der Waals surface area contributed by atoms with Gasteiger partial charge in [-0.15, -0.1) is 0 Å². The summed E-state index contributed by atoms with van der Waals surface area (Å²) in [4.78, 5) is 17.7. The fourth-order valence-electron chi connectivity index (χ4n) is 2.97. The van der Waals surface area contributed by atoms with Crippen LogP contribution in [-0.4, -0.2) is 10.9 Å². The van der Waals surface area contributed by atoms with Crippen LogP contribution in [0.1, 0.15) is 15.9 Å². The largest absolute Gasteiger partial charge is 0.322 e. The number of amides is 1. The number of carbonyl (C=O) groups is 1. The smallest absolute Gasteiger partial charge is 0.256 e. The molecule has 0 fully saturated rings. The zero-order valence-corrected chi connectivity index (χ0v) is 16.3. The predicted octanol–water partition coefficient (Wildman–Crippen LogP) is 6.23. The SMILES string of the molecule is Cc1ccc(NC(=O)c2cc(-c3ccc(Br)cc3)nc3ccccc23)cc1. The summed E-state index contributed by atoms with van der Waals surface area (Å²) in [6, 6.07) is 25.3. The van der Waals surface area contributed by atoms with Crippen molar-refractivity contribution < 1.29 is 4.79 Å². The van der Waals surface area contributed by atoms with Gasteiger partial charge in [-0.05, 0) is 43.3 Å². The van der Waals surface area contributed by atoms with Crippen LogP contribution in [0, 0.1) is 6.92 Å². The van der Waals surface area contributed by atoms with Gasteiger partial charge in [-0.25, -0.2) is 4.98 Å². The first kappa shape index (κ1) is 17.4. The lowest BCUT2D eigenvalue weighted by Gasteiger charge is -2.11. The van der Waals surface area contributed by atoms with E-state index in [1.165, 1.54) is 0 Å². The Kier molecular flexibility index (Phi) is 4.73. The molecule has 1 amide bonds. The Bertz CT molecular complexity index is 1120. The van der Waals surface area contributed by atoms with Crippen molar-refractivity contribution in [3.05, 3.63) is 94.5 Å². The van der Waals surface area contributed by atoms with Crippen molar-refractivity contribution in [1.82, 2.24) is 4.98 Å². The van der Waals surface area contributed by atoms with E-state index < -0.39 is 0 Å². The van der Waals surface area contributed by atoms with Gasteiger partial charge in [-0.2, -0.15) is 0 Å². The Labute approximate surface area is 166 Å². The lowest BCUT2D eigenvalue weighted by molar-refractivity contribution is 0.102. The summed E-state index contributed by atoms with van der Waals surface area (Å²) in [5.74, 6) is -0.143. The van der Waals surface area contributed by atoms with Gasteiger partial charge in [-0.3, -0.25) is 4.79 Å². The Balaban J connectivity index is 1.79. The molecule has 3 aromatic carbocycles. The Morgan fingerprint density at radius 2 is 1.63 bits per heavy atom. The monoisotopic (exact) mass is 416 g/mol. The first-order chi connectivity index (χ1) is 13.1. The third-order valence-corrected chi connectivity index (χ3v) is 4.94. The molecule has 0 unspecified atom stereocenters. The average molecular weight is 417 g/mol. The minimum Gasteiger partial charge on any atom is -0.322 e. The van der Waals surface area contributed by atoms with Gasteiger partial charge in [0.05, 0.1) is 16.8 Å². The van der Waals surface area contributed by atoms with Gasteiger partial charge in [-0.1, -0.05) is 64.0 Å². The number of hydrogen-bond donors (Lipinski definition) is 1. The van der Waals surface area contributed by atoms with Crippen LogP contribution in [0.2, 0.25) is 0 Å². The Morgan fingerprint density at radius 3 is 2.37 bits per heavy atom. The molecule has 1 N–H and O–H groups in total. The summed E-state index contributed by atoms with van der Waals surface area (Å²) in [5.41, 5.74) is 5.08. The van der Waals surface area contributed by atoms with Crippen LogP contribution in [0.15, 0.2) is 83.3 Å². The molecule has 4 heteroatoms. The number of anilines is 1. The maximum absolute atomic E-state index is 13.0. The normalized spacial score (nSPS) is 10.7. The molecule has 0 spiro atoms. The van der Waals surface area contributed by atoms with E-state index >= 15 is 0 Å². The van der Waals surface area contributed by atoms with Gasteiger partial charge >= 0.3 is 0 Å². The van der Waals surface area contributed by atoms with Crippen molar-refractivity contribution in [3.8, 4) is 11.3 Å². The van der Waals surface area contributed by atoms with Gasteiger partial charge in [0.2, 0.25) is 0 Å². The fraction of sp³-hybridized carbons (Fsp3) is 0.0435. The van der Waals surface area contributed by atoms with Crippen molar-refractivity contribution >= 4 is 38.4 Å². The van der Waals surface area contributed by atoms with E-state index in [0.29, 0.717) is 5.56 Å². The number of benzene rings is 3. The molecular formula is C23H17BrN2O. The second-order valence-electron chi connectivity index (χ2n) is 6.40. The molecule has 27 heavy (non-hydrogen) atoms. The summed E-state index contributed by atoms with van der Waals surface area (Å²) < 4.78 is 1.00. The molecule has 0 atom stereocenters. The first-order valence-electron chi connectivity index (χ1n) is 8.64. The van der Waals surface area contributed by atoms with Gasteiger partial charge in [0.15, 0.2) is 0 Å². The number of carbonyl (C=O) groups excluding carboxylic acids is 1. The lowest BCUT2D eigenvalue weighted by atomic mass is 10.0. The van der Waals surface area contributed by atoms with Crippen molar-refractivity contribution in [2.75, 3.05) is 5.32 Å². The van der Waals surface area contributed by atoms with Crippen LogP contribution in [0.5, 0.6) is 0 Å². The molecule has 0 bridgehead atoms. The van der Waals surface area contributed by atoms with Crippen molar-refractivity contribution in [3.63, 3.8) is 0 Å². The second-order valence-corrected chi connectivity index (χ2v) is 7.31. The molecule has 0 radical (unpaired) electrons. The van der Waals surface area contributed by atoms with Gasteiger partial charge in [0.25, 0.3) is 5.91 Å². The first-order valence-corrected chi connectivity index (χ1v) is 9.43. The van der Waals surface area contributed by atoms with Crippen molar-refractivity contribution in [1.29, 1.82) is 0 Å². The molecule has 0 aliphatic carbocycles. The number of nitrogens with one attached hydrogen (secondary N) is 1. The lowest BCUT2D eigenvalue weighted by Crippen LogP contribution is -2.13. The number of nitrogens with zero attached hydrogens (tertiary/aromatic N) is 1. The van der Waals surface area contributed by atoms with Crippen LogP contribution in [0.4, 0.5) is 5.69 Å². The van der Waals surface area contributed by atoms with Crippen LogP contribution >= 0.6 is 15.9 Å². The van der Waals surface area contributed by atoms with E-state index in [0.717, 1.165) is 37.9 Å². The number of rotatable bonds is 3. The number of para-hydroxylation sites is 1. The molecule has 132 valence electrons. The molecule has 0 aliphatic heterocycles. The molecule has 0 aliphatic rings. The third kappa shape index (κ3) is 3.76. The molecule has 1 heterocycles. The molecule has 1 aromatic heterocycles. The summed E-state index contributed by atoms with van der Waals surface area (Å²) >= 11 is 3.45. The molecule has 4 rings (SSSR count). The van der Waals surface area contributed by atoms with Crippen molar-refractivity contribution in [2.24, 2.45) is 0 Å². The molecule has 0 saturated heterocycles. The highest BCUT2D eigenvalue weighted by molar-refractivity contribution is 9.10. The van der Waals surface area contributed by atoms with E-state index in [9.17, 15) is 4.79 Å². The second kappa shape index (κ2) is 7.33. The van der Waals surface area contributed by atoms with E-state index in [1.807, 2.05) is 85.8 Å². The Morgan fingerprint density at radius 1 is 0.926 bits per heavy atom. The standard InChI is InChI=1S/C23H17BrN2O/c1-15-6-12-18(13-7-15)25-23(27)20-14-22(16-8-10-17(24)11-9-16)26-21-5-3-2-4-19(20)21/h2-14H,1H3,(H,25,27). The average Bonchev–Trinajstić information content (AvgIpc) is 2.69. The summed E-state index contributed by atoms with van der Waals surface area (Å²) in [5, 5.41) is 3.83. The minimum atomic E-state index is -0.143. The minimum absolute atomic E-state index is 0.143. The maximum atomic E-state index is 13.0. The number of halogens is 1. The molecule has 3 nitrogen and oxygen atoms in total. The zero-order valence-electron chi connectivity index (χ0n) is 14.7. The highest BCUT2D eigenvalue weighted by Crippen LogP contribution is 2.26. The molecule has 0 saturated carbocycles. The molecule has 4 aromatic rings. The summed E-state index contributed by atoms with van der Waals surface area (Å²) in [7, 11) is 0. The molecular weight excluding hydrogens is 400 g/mol. The number of fused-ring (bicyclic) bond motifs is 1. The van der Waals surface area contributed by atoms with Crippen LogP contribution < -0.4 is 5.32 Å². The quantitative estimate of drug-likeness (QED) is 0.430. The van der Waals surface area contributed by atoms with E-state index in [1.54, 1.807) is 0 Å². The van der Waals surface area contributed by atoms with Crippen LogP contribution in [0.25, 0.3) is 22.2 Å². The van der Waals surface area contributed by atoms with Crippen molar-refractivity contribution in [2.45, 2.75) is 6.92 Å². The van der Waals surface area contributed by atoms with Gasteiger partial charge in [0, 0.05) is 21.1 Å².